The van der Waals surface area contributed by atoms with Crippen LogP contribution in [0.4, 0.5) is 0 Å². The molecule has 1 aliphatic heterocycles. The second-order valence-electron chi connectivity index (χ2n) is 10.9. The van der Waals surface area contributed by atoms with E-state index >= 15 is 0 Å². The first kappa shape index (κ1) is 21.7. The molecule has 0 saturated carbocycles. The van der Waals surface area contributed by atoms with Crippen molar-refractivity contribution in [1.29, 1.82) is 0 Å². The zero-order valence-electron chi connectivity index (χ0n) is 21.1. The van der Waals surface area contributed by atoms with Crippen LogP contribution in [0.2, 0.25) is 0 Å². The number of nitrogens with zero attached hydrogens (tertiary/aromatic N) is 1. The van der Waals surface area contributed by atoms with Gasteiger partial charge in [-0.2, -0.15) is 0 Å². The molecule has 6 aromatic rings. The van der Waals surface area contributed by atoms with E-state index in [-0.39, 0.29) is 11.2 Å². The van der Waals surface area contributed by atoms with Gasteiger partial charge < -0.3 is 13.9 Å². The third-order valence-electron chi connectivity index (χ3n) is 8.14. The minimum absolute atomic E-state index is 0.385. The van der Waals surface area contributed by atoms with Crippen molar-refractivity contribution in [1.82, 2.24) is 4.57 Å². The normalized spacial score (nSPS) is 17.1. The van der Waals surface area contributed by atoms with Gasteiger partial charge in [-0.15, -0.1) is 0 Å². The molecule has 176 valence electrons. The fourth-order valence-electron chi connectivity index (χ4n) is 5.56. The fraction of sp³-hybridized carbons (Fsp3) is 0.188. The first-order valence-corrected chi connectivity index (χ1v) is 12.6. The van der Waals surface area contributed by atoms with Gasteiger partial charge in [0.1, 0.15) is 0 Å². The Bertz CT molecular complexity index is 1720. The first-order valence-electron chi connectivity index (χ1n) is 12.6. The van der Waals surface area contributed by atoms with Crippen molar-refractivity contribution in [3.8, 4) is 16.8 Å². The Morgan fingerprint density at radius 3 is 1.78 bits per heavy atom. The molecule has 0 unspecified atom stereocenters. The maximum atomic E-state index is 6.45. The Balaban J connectivity index is 1.55. The van der Waals surface area contributed by atoms with Gasteiger partial charge in [0.25, 0.3) is 0 Å². The molecular weight excluding hydrogens is 441 g/mol. The van der Waals surface area contributed by atoms with E-state index in [0.717, 1.165) is 11.2 Å². The third-order valence-corrected chi connectivity index (χ3v) is 8.14. The van der Waals surface area contributed by atoms with E-state index in [9.17, 15) is 0 Å². The van der Waals surface area contributed by atoms with Gasteiger partial charge in [-0.05, 0) is 85.4 Å². The molecule has 36 heavy (non-hydrogen) atoms. The van der Waals surface area contributed by atoms with Crippen LogP contribution in [0.1, 0.15) is 27.7 Å². The van der Waals surface area contributed by atoms with E-state index in [2.05, 4.69) is 129 Å². The Labute approximate surface area is 211 Å². The van der Waals surface area contributed by atoms with E-state index in [1.807, 2.05) is 0 Å². The molecule has 1 fully saturated rings. The molecule has 1 aromatic heterocycles. The summed E-state index contributed by atoms with van der Waals surface area (Å²) in [6.07, 6.45) is 0. The quantitative estimate of drug-likeness (QED) is 0.200. The van der Waals surface area contributed by atoms with Crippen molar-refractivity contribution in [2.45, 2.75) is 38.9 Å². The number of para-hydroxylation sites is 1. The molecule has 3 nitrogen and oxygen atoms in total. The highest BCUT2D eigenvalue weighted by molar-refractivity contribution is 6.62. The highest BCUT2D eigenvalue weighted by atomic mass is 16.7. The largest absolute Gasteiger partial charge is 0.494 e. The van der Waals surface area contributed by atoms with Gasteiger partial charge in [0.2, 0.25) is 0 Å². The highest BCUT2D eigenvalue weighted by Gasteiger charge is 2.51. The van der Waals surface area contributed by atoms with Crippen molar-refractivity contribution in [3.63, 3.8) is 0 Å². The predicted molar refractivity (Wildman–Crippen MR) is 151 cm³/mol. The second kappa shape index (κ2) is 7.46. The standard InChI is InChI=1S/C32H28BNO2/c1-31(2)32(3,4)36-33(35-31)25-18-23-16-15-22-17-24(21-11-7-5-8-12-21)19-27-29(22)30(23)28(20-25)34(27)26-13-9-6-10-14-26/h5-20H,1-4H3. The molecule has 5 aromatic carbocycles. The lowest BCUT2D eigenvalue weighted by molar-refractivity contribution is 0.00578. The van der Waals surface area contributed by atoms with Crippen LogP contribution in [0.5, 0.6) is 0 Å². The van der Waals surface area contributed by atoms with Crippen LogP contribution >= 0.6 is 0 Å². The summed E-state index contributed by atoms with van der Waals surface area (Å²) in [5, 5.41) is 5.04. The van der Waals surface area contributed by atoms with Crippen LogP contribution < -0.4 is 5.46 Å². The van der Waals surface area contributed by atoms with E-state index in [0.29, 0.717) is 0 Å². The van der Waals surface area contributed by atoms with Gasteiger partial charge in [-0.3, -0.25) is 0 Å². The SMILES string of the molecule is CC1(C)OB(c2cc3ccc4cc(-c5ccccc5)cc5c4c3c(c2)n5-c2ccccc2)OC1(C)C. The summed E-state index contributed by atoms with van der Waals surface area (Å²) < 4.78 is 15.3. The molecule has 2 heterocycles. The van der Waals surface area contributed by atoms with Gasteiger partial charge >= 0.3 is 7.12 Å². The molecule has 0 radical (unpaired) electrons. The average Bonchev–Trinajstić information content (AvgIpc) is 3.33. The predicted octanol–water partition coefficient (Wildman–Crippen LogP) is 7.34. The van der Waals surface area contributed by atoms with Gasteiger partial charge in [0, 0.05) is 16.5 Å². The van der Waals surface area contributed by atoms with Crippen molar-refractivity contribution in [2.24, 2.45) is 0 Å². The van der Waals surface area contributed by atoms with Gasteiger partial charge in [-0.25, -0.2) is 0 Å². The number of hydrogen-bond donors (Lipinski definition) is 0. The number of aromatic nitrogens is 1. The van der Waals surface area contributed by atoms with E-state index in [1.165, 1.54) is 43.7 Å². The van der Waals surface area contributed by atoms with E-state index in [4.69, 9.17) is 9.31 Å². The summed E-state index contributed by atoms with van der Waals surface area (Å²) in [6, 6.07) is 34.9. The monoisotopic (exact) mass is 469 g/mol. The topological polar surface area (TPSA) is 23.4 Å². The molecule has 1 aliphatic rings. The zero-order valence-corrected chi connectivity index (χ0v) is 21.1. The first-order chi connectivity index (χ1) is 17.3. The lowest BCUT2D eigenvalue weighted by atomic mass is 9.78. The van der Waals surface area contributed by atoms with E-state index in [1.54, 1.807) is 0 Å². The molecule has 0 spiro atoms. The van der Waals surface area contributed by atoms with Gasteiger partial charge in [0.05, 0.1) is 22.2 Å². The Kier molecular flexibility index (Phi) is 4.49. The maximum Gasteiger partial charge on any atom is 0.494 e. The van der Waals surface area contributed by atoms with Gasteiger partial charge in [-0.1, -0.05) is 66.7 Å². The summed E-state index contributed by atoms with van der Waals surface area (Å²) in [5.41, 5.74) is 6.25. The third kappa shape index (κ3) is 3.08. The van der Waals surface area contributed by atoms with Crippen molar-refractivity contribution >= 4 is 45.2 Å². The summed E-state index contributed by atoms with van der Waals surface area (Å²) in [6.45, 7) is 8.42. The van der Waals surface area contributed by atoms with E-state index < -0.39 is 7.12 Å². The summed E-state index contributed by atoms with van der Waals surface area (Å²) in [5.74, 6) is 0. The summed E-state index contributed by atoms with van der Waals surface area (Å²) in [4.78, 5) is 0. The molecule has 0 atom stereocenters. The minimum atomic E-state index is -0.410. The lowest BCUT2D eigenvalue weighted by Crippen LogP contribution is -2.41. The molecule has 4 heteroatoms. The molecule has 0 bridgehead atoms. The molecule has 0 aliphatic carbocycles. The van der Waals surface area contributed by atoms with Crippen LogP contribution in [-0.4, -0.2) is 22.9 Å². The van der Waals surface area contributed by atoms with Crippen molar-refractivity contribution in [3.05, 3.63) is 97.1 Å². The molecule has 1 saturated heterocycles. The average molecular weight is 469 g/mol. The highest BCUT2D eigenvalue weighted by Crippen LogP contribution is 2.42. The Hall–Kier alpha value is -3.60. The maximum absolute atomic E-state index is 6.45. The smallest absolute Gasteiger partial charge is 0.399 e. The summed E-state index contributed by atoms with van der Waals surface area (Å²) in [7, 11) is -0.410. The van der Waals surface area contributed by atoms with Crippen LogP contribution in [0.25, 0.3) is 49.4 Å². The second-order valence-corrected chi connectivity index (χ2v) is 10.9. The number of rotatable bonds is 3. The van der Waals surface area contributed by atoms with Crippen molar-refractivity contribution < 1.29 is 9.31 Å². The van der Waals surface area contributed by atoms with Crippen LogP contribution in [-0.2, 0) is 9.31 Å². The van der Waals surface area contributed by atoms with Crippen LogP contribution in [0, 0.1) is 0 Å². The number of benzene rings is 5. The Morgan fingerprint density at radius 1 is 0.583 bits per heavy atom. The van der Waals surface area contributed by atoms with Gasteiger partial charge in [0.15, 0.2) is 0 Å². The molecular formula is C32H28BNO2. The molecule has 7 rings (SSSR count). The lowest BCUT2D eigenvalue weighted by Gasteiger charge is -2.32. The molecule has 0 N–H and O–H groups in total. The Morgan fingerprint density at radius 2 is 1.14 bits per heavy atom. The van der Waals surface area contributed by atoms with Crippen molar-refractivity contribution in [2.75, 3.05) is 0 Å². The molecule has 0 amide bonds. The fourth-order valence-corrected chi connectivity index (χ4v) is 5.56. The van der Waals surface area contributed by atoms with Crippen LogP contribution in [0.3, 0.4) is 0 Å². The summed E-state index contributed by atoms with van der Waals surface area (Å²) >= 11 is 0. The number of hydrogen-bond acceptors (Lipinski definition) is 2. The zero-order chi connectivity index (χ0) is 24.7. The van der Waals surface area contributed by atoms with Crippen LogP contribution in [0.15, 0.2) is 97.1 Å². The minimum Gasteiger partial charge on any atom is -0.399 e.